The molecule has 2 unspecified atom stereocenters. The summed E-state index contributed by atoms with van der Waals surface area (Å²) in [5, 5.41) is 16.8. The predicted octanol–water partition coefficient (Wildman–Crippen LogP) is 6.34. The van der Waals surface area contributed by atoms with E-state index in [1.165, 1.54) is 40.9 Å². The van der Waals surface area contributed by atoms with Gasteiger partial charge in [-0.15, -0.1) is 22.7 Å². The molecule has 10 rings (SSSR count). The summed E-state index contributed by atoms with van der Waals surface area (Å²) in [4.78, 5) is 86.7. The first-order chi connectivity index (χ1) is 39.0. The monoisotopic (exact) mass is 1210 g/mol. The van der Waals surface area contributed by atoms with E-state index in [-0.39, 0.29) is 92.5 Å². The lowest BCUT2D eigenvalue weighted by Crippen LogP contribution is -2.57. The van der Waals surface area contributed by atoms with Crippen LogP contribution < -0.4 is 20.1 Å². The second kappa shape index (κ2) is 24.9. The van der Waals surface area contributed by atoms with Gasteiger partial charge < -0.3 is 30.2 Å². The highest BCUT2D eigenvalue weighted by Gasteiger charge is 2.50. The largest absolute Gasteiger partial charge is 0.340 e. The zero-order valence-corrected chi connectivity index (χ0v) is 49.2. The lowest BCUT2D eigenvalue weighted by molar-refractivity contribution is -0.140. The molecule has 4 saturated heterocycles. The number of halogens is 2. The smallest absolute Gasteiger partial charge is 0.262 e. The quantitative estimate of drug-likeness (QED) is 0.0739. The van der Waals surface area contributed by atoms with Gasteiger partial charge in [0.15, 0.2) is 0 Å². The van der Waals surface area contributed by atoms with Gasteiger partial charge in [-0.25, -0.2) is 30.7 Å². The van der Waals surface area contributed by atoms with Crippen LogP contribution in [0.3, 0.4) is 0 Å². The van der Waals surface area contributed by atoms with Crippen molar-refractivity contribution in [1.29, 1.82) is 5.26 Å². The van der Waals surface area contributed by atoms with Gasteiger partial charge in [0.1, 0.15) is 28.9 Å². The van der Waals surface area contributed by atoms with E-state index in [9.17, 15) is 55.3 Å². The molecule has 0 spiro atoms. The lowest BCUT2D eigenvalue weighted by atomic mass is 10.0. The fraction of sp³-hybridized carbons (Fsp3) is 0.386. The van der Waals surface area contributed by atoms with Crippen LogP contribution >= 0.6 is 34.3 Å². The average molecular weight is 1210 g/mol. The maximum Gasteiger partial charge on any atom is 0.262 e. The van der Waals surface area contributed by atoms with Crippen molar-refractivity contribution in [3.8, 4) is 6.07 Å². The van der Waals surface area contributed by atoms with Crippen molar-refractivity contribution < 1.29 is 50.0 Å². The van der Waals surface area contributed by atoms with Crippen LogP contribution in [0.5, 0.6) is 0 Å². The van der Waals surface area contributed by atoms with Crippen LogP contribution in [-0.4, -0.2) is 147 Å². The van der Waals surface area contributed by atoms with Crippen molar-refractivity contribution in [2.45, 2.75) is 99.4 Å². The van der Waals surface area contributed by atoms with Crippen LogP contribution in [0.1, 0.15) is 78.3 Å². The van der Waals surface area contributed by atoms with Crippen molar-refractivity contribution >= 4 is 110 Å². The molecule has 4 fully saturated rings. The number of nitrogens with one attached hydrogen (secondary N) is 4. The summed E-state index contributed by atoms with van der Waals surface area (Å²) < 4.78 is 70.5. The minimum absolute atomic E-state index is 0.00257. The highest BCUT2D eigenvalue weighted by atomic mass is 35.5. The summed E-state index contributed by atoms with van der Waals surface area (Å²) in [5.74, 6) is -2.08. The summed E-state index contributed by atoms with van der Waals surface area (Å²) in [6.07, 6.45) is 2.13. The number of fused-ring (bicyclic) bond motifs is 6. The Balaban J connectivity index is 0.000000198. The lowest BCUT2D eigenvalue weighted by Gasteiger charge is -2.36. The molecule has 6 amide bonds. The number of sulfonamides is 2. The van der Waals surface area contributed by atoms with E-state index in [4.69, 9.17) is 11.6 Å². The summed E-state index contributed by atoms with van der Waals surface area (Å²) in [7, 11) is -8.19. The van der Waals surface area contributed by atoms with Crippen molar-refractivity contribution in [2.24, 2.45) is 11.8 Å². The van der Waals surface area contributed by atoms with Crippen LogP contribution in [0.15, 0.2) is 113 Å². The molecule has 6 heterocycles. The SMILES string of the molecule is CC(C)CC(NC(=O)c1cc2ccccc2s1)C(=O)N1C[C@@H]2C[C@H]1CN2C(=O)CNS(=O)(=O)c1ccc(F)cc1Cl.CC(C)CC(NC(=O)c1cc2ccccc2s1)C(=O)N1C[C@@H]2C[C@H]1CN2C(=O)CNS(=O)(=O)c1ccccc1C#N. The molecule has 6 aromatic rings. The van der Waals surface area contributed by atoms with E-state index in [1.54, 1.807) is 25.7 Å². The number of benzene rings is 4. The normalized spacial score (nSPS) is 19.1. The minimum Gasteiger partial charge on any atom is -0.340 e. The molecular formula is C57H61ClFN9O10S4. The second-order valence-corrected chi connectivity index (χ2v) is 27.6. The Morgan fingerprint density at radius 1 is 0.598 bits per heavy atom. The third-order valence-electron chi connectivity index (χ3n) is 14.9. The number of carbonyl (C=O) groups is 6. The van der Waals surface area contributed by atoms with E-state index >= 15 is 0 Å². The van der Waals surface area contributed by atoms with Gasteiger partial charge >= 0.3 is 0 Å². The van der Waals surface area contributed by atoms with Crippen LogP contribution in [0.4, 0.5) is 4.39 Å². The number of hydrogen-bond acceptors (Lipinski definition) is 13. The Kier molecular flexibility index (Phi) is 18.2. The molecule has 6 atom stereocenters. The first kappa shape index (κ1) is 59.8. The Morgan fingerprint density at radius 3 is 1.43 bits per heavy atom. The Hall–Kier alpha value is -6.85. The maximum absolute atomic E-state index is 13.7. The first-order valence-corrected chi connectivity index (χ1v) is 31.7. The van der Waals surface area contributed by atoms with Crippen LogP contribution in [-0.2, 0) is 39.2 Å². The number of nitrogens with zero attached hydrogens (tertiary/aromatic N) is 5. The molecule has 2 aromatic heterocycles. The molecule has 4 aliphatic heterocycles. The van der Waals surface area contributed by atoms with E-state index in [0.29, 0.717) is 55.1 Å². The van der Waals surface area contributed by atoms with Gasteiger partial charge in [-0.05, 0) is 103 Å². The Morgan fingerprint density at radius 2 is 1.01 bits per heavy atom. The van der Waals surface area contributed by atoms with E-state index in [0.717, 1.165) is 38.4 Å². The zero-order valence-electron chi connectivity index (χ0n) is 45.2. The average Bonchev–Trinajstić information content (AvgIpc) is 4.53. The molecule has 0 saturated carbocycles. The van der Waals surface area contributed by atoms with Gasteiger partial charge in [-0.2, -0.15) is 5.26 Å². The summed E-state index contributed by atoms with van der Waals surface area (Å²) in [6, 6.07) is 27.4. The molecular weight excluding hydrogens is 1150 g/mol. The molecule has 19 nitrogen and oxygen atoms in total. The standard InChI is InChI=1S/C29H31N5O5S2.C28H30ClFN4O5S2/c1-18(2)11-23(32-28(36)25-12-19-7-3-5-9-24(19)40-25)29(37)34-17-21-13-22(34)16-33(21)27(35)15-31-41(38,39)26-10-6-4-8-20(26)14-30;1-16(2)9-22(32-27(36)24-10-17-5-3-4-6-23(17)40-24)28(37)34-15-19-12-20(34)14-33(19)26(35)13-31-41(38,39)25-8-7-18(30)11-21(25)29/h3-10,12,18,21-23,31H,11,13,15-17H2,1-2H3,(H,32,36);3-8,10-11,16,19-20,22,31H,9,12-15H2,1-2H3,(H,32,36)/t21-,22-,23?;19-,20-,22?/m00/s1. The summed E-state index contributed by atoms with van der Waals surface area (Å²) in [5.41, 5.74) is -0.00257. The number of rotatable bonds is 18. The molecule has 25 heteroatoms. The van der Waals surface area contributed by atoms with Gasteiger partial charge in [0.05, 0.1) is 62.5 Å². The Bertz CT molecular complexity index is 3670. The molecule has 432 valence electrons. The Labute approximate surface area is 487 Å². The molecule has 4 N–H and O–H groups in total. The highest BCUT2D eigenvalue weighted by Crippen LogP contribution is 2.35. The van der Waals surface area contributed by atoms with Gasteiger partial charge in [0, 0.05) is 35.6 Å². The molecule has 82 heavy (non-hydrogen) atoms. The molecule has 4 bridgehead atoms. The number of thiophene rings is 2. The van der Waals surface area contributed by atoms with E-state index < -0.39 is 56.9 Å². The topological polar surface area (TPSA) is 256 Å². The molecule has 4 aliphatic rings. The number of likely N-dealkylation sites (tertiary alicyclic amines) is 4. The molecule has 0 aliphatic carbocycles. The van der Waals surface area contributed by atoms with Gasteiger partial charge in [0.25, 0.3) is 11.8 Å². The van der Waals surface area contributed by atoms with Crippen molar-refractivity contribution in [3.63, 3.8) is 0 Å². The van der Waals surface area contributed by atoms with Crippen molar-refractivity contribution in [2.75, 3.05) is 39.3 Å². The summed E-state index contributed by atoms with van der Waals surface area (Å²) in [6.45, 7) is 8.24. The van der Waals surface area contributed by atoms with Gasteiger partial charge in [0.2, 0.25) is 43.7 Å². The highest BCUT2D eigenvalue weighted by molar-refractivity contribution is 7.90. The van der Waals surface area contributed by atoms with Crippen molar-refractivity contribution in [3.05, 3.63) is 129 Å². The fourth-order valence-corrected chi connectivity index (χ4v) is 15.6. The maximum atomic E-state index is 13.7. The number of carbonyl (C=O) groups excluding carboxylic acids is 6. The molecule has 0 radical (unpaired) electrons. The third kappa shape index (κ3) is 13.3. The molecule has 4 aromatic carbocycles. The fourth-order valence-electron chi connectivity index (χ4n) is 11.1. The minimum atomic E-state index is -4.14. The van der Waals surface area contributed by atoms with Crippen LogP contribution in [0.25, 0.3) is 20.2 Å². The predicted molar refractivity (Wildman–Crippen MR) is 309 cm³/mol. The number of piperazine rings is 2. The van der Waals surface area contributed by atoms with Crippen LogP contribution in [0.2, 0.25) is 5.02 Å². The van der Waals surface area contributed by atoms with E-state index in [2.05, 4.69) is 20.1 Å². The van der Waals surface area contributed by atoms with Crippen molar-refractivity contribution in [1.82, 2.24) is 39.7 Å². The number of amides is 6. The van der Waals surface area contributed by atoms with E-state index in [1.807, 2.05) is 94.4 Å². The first-order valence-electron chi connectivity index (χ1n) is 26.7. The zero-order chi connectivity index (χ0) is 58.8. The third-order valence-corrected chi connectivity index (χ3v) is 20.5. The van der Waals surface area contributed by atoms with Crippen LogP contribution in [0, 0.1) is 29.0 Å². The number of hydrogen-bond donors (Lipinski definition) is 4. The second-order valence-electron chi connectivity index (χ2n) is 21.6. The van der Waals surface area contributed by atoms with Gasteiger partial charge in [-0.1, -0.05) is 87.8 Å². The van der Waals surface area contributed by atoms with Gasteiger partial charge in [-0.3, -0.25) is 28.8 Å². The summed E-state index contributed by atoms with van der Waals surface area (Å²) >= 11 is 8.64. The number of nitriles is 1.